The first kappa shape index (κ1) is 17.8. The predicted molar refractivity (Wildman–Crippen MR) is 108 cm³/mol. The lowest BCUT2D eigenvalue weighted by Gasteiger charge is -2.32. The van der Waals surface area contributed by atoms with E-state index >= 15 is 0 Å². The number of nitrogens with one attached hydrogen (secondary N) is 1. The minimum absolute atomic E-state index is 0.349. The van der Waals surface area contributed by atoms with E-state index < -0.39 is 0 Å². The first-order valence-corrected chi connectivity index (χ1v) is 10.6. The molecular formula is C21H28N6O. The number of benzene rings is 1. The van der Waals surface area contributed by atoms with E-state index in [0.717, 1.165) is 54.8 Å². The van der Waals surface area contributed by atoms with Crippen LogP contribution in [0.25, 0.3) is 16.9 Å². The van der Waals surface area contributed by atoms with Crippen molar-refractivity contribution in [1.29, 1.82) is 0 Å². The molecule has 0 bridgehead atoms. The molecule has 2 aromatic heterocycles. The predicted octanol–water partition coefficient (Wildman–Crippen LogP) is 2.90. The fourth-order valence-electron chi connectivity index (χ4n) is 4.61. The van der Waals surface area contributed by atoms with E-state index in [0.29, 0.717) is 17.9 Å². The van der Waals surface area contributed by atoms with Crippen molar-refractivity contribution >= 4 is 10.9 Å². The molecule has 1 atom stereocenters. The van der Waals surface area contributed by atoms with Crippen LogP contribution in [0.5, 0.6) is 0 Å². The highest BCUT2D eigenvalue weighted by molar-refractivity contribution is 5.83. The van der Waals surface area contributed by atoms with Gasteiger partial charge in [-0.1, -0.05) is 25.1 Å². The second-order valence-electron chi connectivity index (χ2n) is 8.03. The molecule has 28 heavy (non-hydrogen) atoms. The summed E-state index contributed by atoms with van der Waals surface area (Å²) in [6.45, 7) is 6.67. The smallest absolute Gasteiger partial charge is 0.291 e. The minimum atomic E-state index is 0.349. The molecule has 1 N–H and O–H groups in total. The maximum Gasteiger partial charge on any atom is 0.291 e. The lowest BCUT2D eigenvalue weighted by atomic mass is 9.96. The molecule has 3 aromatic rings. The van der Waals surface area contributed by atoms with Crippen LogP contribution < -0.4 is 5.32 Å². The third kappa shape index (κ3) is 3.33. The van der Waals surface area contributed by atoms with Crippen molar-refractivity contribution in [3.63, 3.8) is 0 Å². The van der Waals surface area contributed by atoms with Crippen LogP contribution in [0.2, 0.25) is 0 Å². The van der Waals surface area contributed by atoms with Crippen molar-refractivity contribution in [1.82, 2.24) is 30.1 Å². The summed E-state index contributed by atoms with van der Waals surface area (Å²) in [4.78, 5) is 7.30. The zero-order valence-corrected chi connectivity index (χ0v) is 16.5. The topological polar surface area (TPSA) is 72.0 Å². The van der Waals surface area contributed by atoms with E-state index in [1.807, 2.05) is 16.8 Å². The number of aromatic nitrogens is 4. The monoisotopic (exact) mass is 380 g/mol. The van der Waals surface area contributed by atoms with Gasteiger partial charge in [0, 0.05) is 23.9 Å². The SMILES string of the molecule is CCc1nn(-c2noc(C3CCN(C[C@@H]4CCCN4)CC3)n2)c2ccccc12. The van der Waals surface area contributed by atoms with Crippen LogP contribution in [0, 0.1) is 0 Å². The van der Waals surface area contributed by atoms with Gasteiger partial charge in [0.1, 0.15) is 0 Å². The van der Waals surface area contributed by atoms with Crippen molar-refractivity contribution < 1.29 is 4.52 Å². The van der Waals surface area contributed by atoms with E-state index in [1.165, 1.54) is 25.9 Å². The summed E-state index contributed by atoms with van der Waals surface area (Å²) in [5.74, 6) is 1.65. The average molecular weight is 380 g/mol. The molecule has 0 aliphatic carbocycles. The summed E-state index contributed by atoms with van der Waals surface area (Å²) in [5.41, 5.74) is 2.10. The van der Waals surface area contributed by atoms with Gasteiger partial charge in [-0.05, 0) is 63.0 Å². The van der Waals surface area contributed by atoms with E-state index in [2.05, 4.69) is 34.4 Å². The second kappa shape index (κ2) is 7.64. The second-order valence-corrected chi connectivity index (χ2v) is 8.03. The Morgan fingerprint density at radius 2 is 2.04 bits per heavy atom. The van der Waals surface area contributed by atoms with Crippen molar-refractivity contribution in [3.05, 3.63) is 35.9 Å². The Balaban J connectivity index is 1.29. The highest BCUT2D eigenvalue weighted by atomic mass is 16.5. The summed E-state index contributed by atoms with van der Waals surface area (Å²) in [6, 6.07) is 8.91. The molecule has 2 aliphatic rings. The van der Waals surface area contributed by atoms with Gasteiger partial charge in [0.05, 0.1) is 11.2 Å². The molecule has 2 fully saturated rings. The normalized spacial score (nSPS) is 21.7. The summed E-state index contributed by atoms with van der Waals surface area (Å²) in [5, 5.41) is 13.7. The first-order chi connectivity index (χ1) is 13.8. The number of hydrogen-bond donors (Lipinski definition) is 1. The van der Waals surface area contributed by atoms with Crippen molar-refractivity contribution in [2.75, 3.05) is 26.2 Å². The molecule has 148 valence electrons. The molecule has 0 radical (unpaired) electrons. The van der Waals surface area contributed by atoms with Gasteiger partial charge in [0.15, 0.2) is 0 Å². The molecule has 1 aromatic carbocycles. The van der Waals surface area contributed by atoms with E-state index in [1.54, 1.807) is 0 Å². The Morgan fingerprint density at radius 1 is 1.18 bits per heavy atom. The van der Waals surface area contributed by atoms with E-state index in [-0.39, 0.29) is 0 Å². The Labute approximate surface area is 165 Å². The summed E-state index contributed by atoms with van der Waals surface area (Å²) >= 11 is 0. The molecule has 0 amide bonds. The van der Waals surface area contributed by atoms with Crippen LogP contribution in [0.3, 0.4) is 0 Å². The third-order valence-corrected chi connectivity index (χ3v) is 6.20. The van der Waals surface area contributed by atoms with Gasteiger partial charge >= 0.3 is 0 Å². The van der Waals surface area contributed by atoms with Crippen LogP contribution in [-0.2, 0) is 6.42 Å². The molecule has 7 heteroatoms. The maximum absolute atomic E-state index is 5.67. The summed E-state index contributed by atoms with van der Waals surface area (Å²) in [6.07, 6.45) is 5.66. The standard InChI is InChI=1S/C21H28N6O/c1-2-18-17-7-3-4-8-19(17)27(24-18)21-23-20(28-25-21)15-9-12-26(13-10-15)14-16-6-5-11-22-16/h3-4,7-8,15-16,22H,2,5-6,9-14H2,1H3/t16-/m0/s1. The largest absolute Gasteiger partial charge is 0.337 e. The quantitative estimate of drug-likeness (QED) is 0.734. The fraction of sp³-hybridized carbons (Fsp3) is 0.571. The van der Waals surface area contributed by atoms with E-state index in [9.17, 15) is 0 Å². The highest BCUT2D eigenvalue weighted by Gasteiger charge is 2.27. The number of fused-ring (bicyclic) bond motifs is 1. The molecule has 2 saturated heterocycles. The molecule has 0 saturated carbocycles. The lowest BCUT2D eigenvalue weighted by Crippen LogP contribution is -2.41. The zero-order chi connectivity index (χ0) is 18.9. The fourth-order valence-corrected chi connectivity index (χ4v) is 4.61. The van der Waals surface area contributed by atoms with Gasteiger partial charge in [0.25, 0.3) is 5.95 Å². The van der Waals surface area contributed by atoms with Gasteiger partial charge in [-0.25, -0.2) is 0 Å². The number of hydrogen-bond acceptors (Lipinski definition) is 6. The first-order valence-electron chi connectivity index (χ1n) is 10.6. The van der Waals surface area contributed by atoms with Crippen LogP contribution in [0.15, 0.2) is 28.8 Å². The highest BCUT2D eigenvalue weighted by Crippen LogP contribution is 2.28. The van der Waals surface area contributed by atoms with Crippen molar-refractivity contribution in [3.8, 4) is 5.95 Å². The molecule has 2 aliphatic heterocycles. The Hall–Kier alpha value is -2.25. The van der Waals surface area contributed by atoms with Gasteiger partial charge in [-0.3, -0.25) is 0 Å². The van der Waals surface area contributed by atoms with Crippen molar-refractivity contribution in [2.45, 2.75) is 51.0 Å². The summed E-state index contributed by atoms with van der Waals surface area (Å²) < 4.78 is 7.49. The van der Waals surface area contributed by atoms with Crippen LogP contribution in [-0.4, -0.2) is 57.0 Å². The molecule has 5 rings (SSSR count). The molecule has 0 spiro atoms. The number of para-hydroxylation sites is 1. The third-order valence-electron chi connectivity index (χ3n) is 6.20. The Morgan fingerprint density at radius 3 is 2.82 bits per heavy atom. The van der Waals surface area contributed by atoms with Gasteiger partial charge in [-0.15, -0.1) is 0 Å². The number of aryl methyl sites for hydroxylation is 1. The average Bonchev–Trinajstić information content (AvgIpc) is 3.48. The molecular weight excluding hydrogens is 352 g/mol. The van der Waals surface area contributed by atoms with Crippen molar-refractivity contribution in [2.24, 2.45) is 0 Å². The van der Waals surface area contributed by atoms with Gasteiger partial charge in [-0.2, -0.15) is 14.8 Å². The minimum Gasteiger partial charge on any atom is -0.337 e. The molecule has 4 heterocycles. The van der Waals surface area contributed by atoms with Gasteiger partial charge < -0.3 is 14.7 Å². The number of piperidine rings is 1. The number of likely N-dealkylation sites (tertiary alicyclic amines) is 1. The maximum atomic E-state index is 5.67. The molecule has 0 unspecified atom stereocenters. The molecule has 7 nitrogen and oxygen atoms in total. The van der Waals surface area contributed by atoms with E-state index in [4.69, 9.17) is 14.6 Å². The Kier molecular flexibility index (Phi) is 4.86. The number of nitrogens with zero attached hydrogens (tertiary/aromatic N) is 5. The Bertz CT molecular complexity index is 933. The lowest BCUT2D eigenvalue weighted by molar-refractivity contribution is 0.181. The van der Waals surface area contributed by atoms with Crippen LogP contribution >= 0.6 is 0 Å². The zero-order valence-electron chi connectivity index (χ0n) is 16.5. The van der Waals surface area contributed by atoms with Crippen LogP contribution in [0.1, 0.15) is 50.1 Å². The summed E-state index contributed by atoms with van der Waals surface area (Å²) in [7, 11) is 0. The number of rotatable bonds is 5. The van der Waals surface area contributed by atoms with Gasteiger partial charge in [0.2, 0.25) is 5.89 Å². The van der Waals surface area contributed by atoms with Crippen LogP contribution in [0.4, 0.5) is 0 Å².